The zero-order valence-electron chi connectivity index (χ0n) is 13.7. The first-order chi connectivity index (χ1) is 10.9. The molecule has 2 rings (SSSR count). The molecule has 122 valence electrons. The third kappa shape index (κ3) is 3.52. The fraction of sp³-hybridized carbons (Fsp3) is 0.263. The van der Waals surface area contributed by atoms with Gasteiger partial charge in [0.2, 0.25) is 0 Å². The number of hydrogen-bond acceptors (Lipinski definition) is 3. The molecule has 0 aliphatic heterocycles. The van der Waals surface area contributed by atoms with Crippen LogP contribution in [-0.4, -0.2) is 5.11 Å². The number of aromatic hydroxyl groups is 1. The minimum Gasteiger partial charge on any atom is -0.505 e. The van der Waals surface area contributed by atoms with Gasteiger partial charge in [0.15, 0.2) is 0 Å². The summed E-state index contributed by atoms with van der Waals surface area (Å²) < 4.78 is 0. The Morgan fingerprint density at radius 3 is 2.22 bits per heavy atom. The number of halogens is 1. The van der Waals surface area contributed by atoms with Crippen molar-refractivity contribution in [3.8, 4) is 5.75 Å². The SMILES string of the molecule is C/C=C\c1c(Cl)cc(C(N)c2ccc(C(C)C)cc2)c(O)c1N. The monoisotopic (exact) mass is 330 g/mol. The predicted molar refractivity (Wildman–Crippen MR) is 98.8 cm³/mol. The number of hydrogen-bond donors (Lipinski definition) is 3. The minimum atomic E-state index is -0.490. The zero-order valence-corrected chi connectivity index (χ0v) is 14.4. The van der Waals surface area contributed by atoms with Crippen LogP contribution in [0.2, 0.25) is 5.02 Å². The second kappa shape index (κ2) is 7.07. The van der Waals surface area contributed by atoms with Crippen molar-refractivity contribution in [3.63, 3.8) is 0 Å². The van der Waals surface area contributed by atoms with Gasteiger partial charge in [-0.25, -0.2) is 0 Å². The third-order valence-electron chi connectivity index (χ3n) is 3.99. The van der Waals surface area contributed by atoms with E-state index >= 15 is 0 Å². The van der Waals surface area contributed by atoms with E-state index in [0.29, 0.717) is 22.1 Å². The molecule has 0 aliphatic carbocycles. The van der Waals surface area contributed by atoms with Crippen LogP contribution >= 0.6 is 11.6 Å². The highest BCUT2D eigenvalue weighted by atomic mass is 35.5. The lowest BCUT2D eigenvalue weighted by molar-refractivity contribution is 0.468. The molecule has 0 saturated carbocycles. The van der Waals surface area contributed by atoms with E-state index in [-0.39, 0.29) is 11.4 Å². The van der Waals surface area contributed by atoms with Gasteiger partial charge >= 0.3 is 0 Å². The summed E-state index contributed by atoms with van der Waals surface area (Å²) in [6, 6.07) is 9.25. The Balaban J connectivity index is 2.45. The summed E-state index contributed by atoms with van der Waals surface area (Å²) in [5.74, 6) is 0.446. The average molecular weight is 331 g/mol. The van der Waals surface area contributed by atoms with Gasteiger partial charge in [0.25, 0.3) is 0 Å². The lowest BCUT2D eigenvalue weighted by atomic mass is 9.94. The first-order valence-corrected chi connectivity index (χ1v) is 8.03. The highest BCUT2D eigenvalue weighted by Gasteiger charge is 2.19. The first-order valence-electron chi connectivity index (χ1n) is 7.65. The highest BCUT2D eigenvalue weighted by molar-refractivity contribution is 6.32. The molecule has 0 saturated heterocycles. The summed E-state index contributed by atoms with van der Waals surface area (Å²) in [6.45, 7) is 6.14. The lowest BCUT2D eigenvalue weighted by Gasteiger charge is -2.18. The largest absolute Gasteiger partial charge is 0.505 e. The minimum absolute atomic E-state index is 0.0112. The smallest absolute Gasteiger partial charge is 0.144 e. The van der Waals surface area contributed by atoms with Gasteiger partial charge in [-0.15, -0.1) is 0 Å². The van der Waals surface area contributed by atoms with E-state index in [1.807, 2.05) is 25.1 Å². The molecule has 0 bridgehead atoms. The first kappa shape index (κ1) is 17.4. The van der Waals surface area contributed by atoms with Gasteiger partial charge in [-0.3, -0.25) is 0 Å². The Morgan fingerprint density at radius 2 is 1.70 bits per heavy atom. The second-order valence-corrected chi connectivity index (χ2v) is 6.33. The molecule has 2 aromatic carbocycles. The molecule has 1 atom stereocenters. The zero-order chi connectivity index (χ0) is 17.1. The van der Waals surface area contributed by atoms with Crippen molar-refractivity contribution >= 4 is 23.4 Å². The number of nitrogen functional groups attached to an aromatic ring is 1. The molecule has 1 unspecified atom stereocenters. The van der Waals surface area contributed by atoms with Crippen LogP contribution in [0.25, 0.3) is 6.08 Å². The Hall–Kier alpha value is -1.97. The maximum Gasteiger partial charge on any atom is 0.144 e. The van der Waals surface area contributed by atoms with E-state index in [1.54, 1.807) is 12.1 Å². The summed E-state index contributed by atoms with van der Waals surface area (Å²) >= 11 is 6.29. The molecule has 0 spiro atoms. The van der Waals surface area contributed by atoms with Crippen molar-refractivity contribution in [2.75, 3.05) is 5.73 Å². The highest BCUT2D eigenvalue weighted by Crippen LogP contribution is 2.39. The molecule has 0 amide bonds. The van der Waals surface area contributed by atoms with Crippen LogP contribution in [0.15, 0.2) is 36.4 Å². The molecule has 4 heteroatoms. The predicted octanol–water partition coefficient (Wildman–Crippen LogP) is 4.83. The van der Waals surface area contributed by atoms with E-state index in [2.05, 4.69) is 26.0 Å². The Bertz CT molecular complexity index is 721. The fourth-order valence-corrected chi connectivity index (χ4v) is 2.82. The van der Waals surface area contributed by atoms with E-state index in [4.69, 9.17) is 23.1 Å². The number of phenolic OH excluding ortho intramolecular Hbond substituents is 1. The standard InChI is InChI=1S/C19H23ClN2O/c1-4-5-14-16(20)10-15(19(23)18(14)22)17(21)13-8-6-12(7-9-13)11(2)3/h4-11,17,23H,21-22H2,1-3H3/b5-4-. The van der Waals surface area contributed by atoms with Crippen molar-refractivity contribution in [3.05, 3.63) is 63.7 Å². The van der Waals surface area contributed by atoms with Crippen LogP contribution in [0, 0.1) is 0 Å². The lowest BCUT2D eigenvalue weighted by Crippen LogP contribution is -2.13. The molecule has 23 heavy (non-hydrogen) atoms. The van der Waals surface area contributed by atoms with Crippen LogP contribution < -0.4 is 11.5 Å². The molecular weight excluding hydrogens is 308 g/mol. The topological polar surface area (TPSA) is 72.3 Å². The third-order valence-corrected chi connectivity index (χ3v) is 4.30. The van der Waals surface area contributed by atoms with Crippen LogP contribution in [-0.2, 0) is 0 Å². The normalized spacial score (nSPS) is 13.0. The van der Waals surface area contributed by atoms with Crippen molar-refractivity contribution in [2.45, 2.75) is 32.7 Å². The summed E-state index contributed by atoms with van der Waals surface area (Å²) in [4.78, 5) is 0. The van der Waals surface area contributed by atoms with E-state index in [9.17, 15) is 5.11 Å². The van der Waals surface area contributed by atoms with Gasteiger partial charge in [0.1, 0.15) is 5.75 Å². The Labute approximate surface area is 142 Å². The summed E-state index contributed by atoms with van der Waals surface area (Å²) in [6.07, 6.45) is 3.59. The van der Waals surface area contributed by atoms with Crippen molar-refractivity contribution < 1.29 is 5.11 Å². The molecule has 0 aromatic heterocycles. The molecule has 3 nitrogen and oxygen atoms in total. The Kier molecular flexibility index (Phi) is 5.34. The molecule has 0 radical (unpaired) electrons. The van der Waals surface area contributed by atoms with Crippen LogP contribution in [0.5, 0.6) is 5.75 Å². The van der Waals surface area contributed by atoms with Crippen LogP contribution in [0.1, 0.15) is 55.0 Å². The quantitative estimate of drug-likeness (QED) is 0.555. The number of phenols is 1. The number of rotatable bonds is 4. The number of benzene rings is 2. The van der Waals surface area contributed by atoms with Crippen molar-refractivity contribution in [1.29, 1.82) is 0 Å². The summed E-state index contributed by atoms with van der Waals surface area (Å²) in [5, 5.41) is 10.9. The maximum atomic E-state index is 10.4. The average Bonchev–Trinajstić information content (AvgIpc) is 2.54. The van der Waals surface area contributed by atoms with Crippen LogP contribution in [0.4, 0.5) is 5.69 Å². The molecular formula is C19H23ClN2O. The maximum absolute atomic E-state index is 10.4. The molecule has 5 N–H and O–H groups in total. The van der Waals surface area contributed by atoms with Crippen molar-refractivity contribution in [1.82, 2.24) is 0 Å². The second-order valence-electron chi connectivity index (χ2n) is 5.92. The van der Waals surface area contributed by atoms with Gasteiger partial charge in [-0.05, 0) is 30.0 Å². The van der Waals surface area contributed by atoms with Crippen molar-refractivity contribution in [2.24, 2.45) is 5.73 Å². The van der Waals surface area contributed by atoms with E-state index < -0.39 is 6.04 Å². The number of allylic oxidation sites excluding steroid dienone is 1. The van der Waals surface area contributed by atoms with Crippen LogP contribution in [0.3, 0.4) is 0 Å². The molecule has 2 aromatic rings. The van der Waals surface area contributed by atoms with E-state index in [0.717, 1.165) is 5.56 Å². The van der Waals surface area contributed by atoms with Gasteiger partial charge in [-0.2, -0.15) is 0 Å². The molecule has 0 fully saturated rings. The van der Waals surface area contributed by atoms with Gasteiger partial charge < -0.3 is 16.6 Å². The van der Waals surface area contributed by atoms with Gasteiger partial charge in [0.05, 0.1) is 16.8 Å². The fourth-order valence-electron chi connectivity index (χ4n) is 2.54. The number of anilines is 1. The Morgan fingerprint density at radius 1 is 1.13 bits per heavy atom. The van der Waals surface area contributed by atoms with E-state index in [1.165, 1.54) is 5.56 Å². The van der Waals surface area contributed by atoms with Gasteiger partial charge in [0, 0.05) is 11.1 Å². The summed E-state index contributed by atoms with van der Waals surface area (Å²) in [7, 11) is 0. The number of nitrogens with two attached hydrogens (primary N) is 2. The molecule has 0 heterocycles. The van der Waals surface area contributed by atoms with Gasteiger partial charge in [-0.1, -0.05) is 61.9 Å². The summed E-state index contributed by atoms with van der Waals surface area (Å²) in [5.41, 5.74) is 15.9. The molecule has 0 aliphatic rings.